The Balaban J connectivity index is 1.35. The first-order valence-electron chi connectivity index (χ1n) is 10.3. The highest BCUT2D eigenvalue weighted by Crippen LogP contribution is 2.29. The second-order valence-electron chi connectivity index (χ2n) is 7.76. The standard InChI is InChI=1S/C21H24FN3O4S2/c22-17-6-2-1-5-16(17)21(27)24-12-9-15(10-13-24)23-20(26)18-7-3-11-25(18)31(28,29)19-8-4-14-30-19/h1-2,4-6,8,14-15,18H,3,7,9-13H2,(H,23,26). The van der Waals surface area contributed by atoms with Gasteiger partial charge in [0.25, 0.3) is 15.9 Å². The van der Waals surface area contributed by atoms with E-state index in [-0.39, 0.29) is 27.6 Å². The average molecular weight is 466 g/mol. The van der Waals surface area contributed by atoms with Crippen LogP contribution < -0.4 is 5.32 Å². The van der Waals surface area contributed by atoms with Crippen LogP contribution in [0.5, 0.6) is 0 Å². The summed E-state index contributed by atoms with van der Waals surface area (Å²) in [5.74, 6) is -1.19. The summed E-state index contributed by atoms with van der Waals surface area (Å²) < 4.78 is 41.2. The maximum atomic E-state index is 13.9. The number of hydrogen-bond acceptors (Lipinski definition) is 5. The summed E-state index contributed by atoms with van der Waals surface area (Å²) in [4.78, 5) is 27.0. The molecule has 1 N–H and O–H groups in total. The number of carbonyl (C=O) groups excluding carboxylic acids is 2. The number of thiophene rings is 1. The van der Waals surface area contributed by atoms with Crippen molar-refractivity contribution in [3.8, 4) is 0 Å². The summed E-state index contributed by atoms with van der Waals surface area (Å²) in [5.41, 5.74) is 0.0466. The minimum Gasteiger partial charge on any atom is -0.352 e. The fraction of sp³-hybridized carbons (Fsp3) is 0.429. The molecule has 31 heavy (non-hydrogen) atoms. The highest BCUT2D eigenvalue weighted by Gasteiger charge is 2.40. The first kappa shape index (κ1) is 21.9. The van der Waals surface area contributed by atoms with Gasteiger partial charge in [-0.15, -0.1) is 11.3 Å². The molecule has 0 spiro atoms. The van der Waals surface area contributed by atoms with E-state index in [0.29, 0.717) is 45.3 Å². The number of nitrogens with zero attached hydrogens (tertiary/aromatic N) is 2. The lowest BCUT2D eigenvalue weighted by Gasteiger charge is -2.33. The SMILES string of the molecule is O=C(NC1CCN(C(=O)c2ccccc2F)CC1)C1CCCN1S(=O)(=O)c1cccs1. The summed E-state index contributed by atoms with van der Waals surface area (Å²) >= 11 is 1.14. The lowest BCUT2D eigenvalue weighted by atomic mass is 10.0. The molecule has 1 aromatic heterocycles. The smallest absolute Gasteiger partial charge is 0.256 e. The maximum absolute atomic E-state index is 13.9. The fourth-order valence-electron chi connectivity index (χ4n) is 4.14. The molecule has 166 valence electrons. The van der Waals surface area contributed by atoms with E-state index in [1.807, 2.05) is 0 Å². The first-order valence-corrected chi connectivity index (χ1v) is 12.6. The lowest BCUT2D eigenvalue weighted by molar-refractivity contribution is -0.125. The molecule has 4 rings (SSSR count). The van der Waals surface area contributed by atoms with Gasteiger partial charge >= 0.3 is 0 Å². The van der Waals surface area contributed by atoms with E-state index in [2.05, 4.69) is 5.32 Å². The Morgan fingerprint density at radius 1 is 1.03 bits per heavy atom. The Morgan fingerprint density at radius 3 is 2.45 bits per heavy atom. The summed E-state index contributed by atoms with van der Waals surface area (Å²) in [5, 5.41) is 4.67. The topological polar surface area (TPSA) is 86.8 Å². The number of halogens is 1. The van der Waals surface area contributed by atoms with Crippen molar-refractivity contribution in [3.05, 3.63) is 53.2 Å². The number of amides is 2. The molecule has 2 amide bonds. The number of sulfonamides is 1. The van der Waals surface area contributed by atoms with Gasteiger partial charge in [-0.25, -0.2) is 12.8 Å². The zero-order chi connectivity index (χ0) is 22.0. The van der Waals surface area contributed by atoms with Crippen LogP contribution in [0.1, 0.15) is 36.0 Å². The van der Waals surface area contributed by atoms with E-state index in [1.54, 1.807) is 34.5 Å². The molecule has 0 saturated carbocycles. The van der Waals surface area contributed by atoms with Crippen LogP contribution in [-0.2, 0) is 14.8 Å². The van der Waals surface area contributed by atoms with Crippen molar-refractivity contribution >= 4 is 33.2 Å². The second kappa shape index (κ2) is 9.05. The van der Waals surface area contributed by atoms with Gasteiger partial charge < -0.3 is 10.2 Å². The normalized spacial score (nSPS) is 20.7. The lowest BCUT2D eigenvalue weighted by Crippen LogP contribution is -2.52. The number of carbonyl (C=O) groups is 2. The van der Waals surface area contributed by atoms with E-state index in [4.69, 9.17) is 0 Å². The Morgan fingerprint density at radius 2 is 1.77 bits per heavy atom. The molecule has 2 aliphatic heterocycles. The molecule has 3 heterocycles. The van der Waals surface area contributed by atoms with Gasteiger partial charge in [-0.05, 0) is 49.3 Å². The van der Waals surface area contributed by atoms with E-state index in [9.17, 15) is 22.4 Å². The van der Waals surface area contributed by atoms with Gasteiger partial charge in [0.05, 0.1) is 5.56 Å². The fourth-order valence-corrected chi connectivity index (χ4v) is 6.92. The van der Waals surface area contributed by atoms with Crippen LogP contribution in [0.15, 0.2) is 46.0 Å². The molecule has 2 fully saturated rings. The van der Waals surface area contributed by atoms with Crippen LogP contribution in [0.3, 0.4) is 0 Å². The third kappa shape index (κ3) is 4.51. The number of benzene rings is 1. The molecule has 10 heteroatoms. The van der Waals surface area contributed by atoms with Gasteiger partial charge in [0, 0.05) is 25.7 Å². The van der Waals surface area contributed by atoms with Crippen LogP contribution in [0.2, 0.25) is 0 Å². The summed E-state index contributed by atoms with van der Waals surface area (Å²) in [6, 6.07) is 8.26. The Labute approximate surface area is 184 Å². The van der Waals surface area contributed by atoms with Crippen LogP contribution in [-0.4, -0.2) is 61.2 Å². The van der Waals surface area contributed by atoms with E-state index in [0.717, 1.165) is 11.3 Å². The van der Waals surface area contributed by atoms with Crippen molar-refractivity contribution in [2.45, 2.75) is 42.0 Å². The Bertz CT molecular complexity index is 1050. The van der Waals surface area contributed by atoms with E-state index in [1.165, 1.54) is 16.4 Å². The molecular formula is C21H24FN3O4S2. The maximum Gasteiger partial charge on any atom is 0.256 e. The number of likely N-dealkylation sites (tertiary alicyclic amines) is 1. The van der Waals surface area contributed by atoms with Gasteiger partial charge in [-0.2, -0.15) is 4.31 Å². The number of rotatable bonds is 5. The van der Waals surface area contributed by atoms with Crippen molar-refractivity contribution in [2.75, 3.05) is 19.6 Å². The van der Waals surface area contributed by atoms with Crippen molar-refractivity contribution in [1.29, 1.82) is 0 Å². The molecule has 2 aliphatic rings. The van der Waals surface area contributed by atoms with E-state index < -0.39 is 21.9 Å². The Hall–Kier alpha value is -2.30. The zero-order valence-corrected chi connectivity index (χ0v) is 18.5. The van der Waals surface area contributed by atoms with Crippen LogP contribution >= 0.6 is 11.3 Å². The molecule has 1 unspecified atom stereocenters. The molecule has 1 aromatic carbocycles. The average Bonchev–Trinajstić information content (AvgIpc) is 3.47. The van der Waals surface area contributed by atoms with Gasteiger partial charge in [0.15, 0.2) is 0 Å². The van der Waals surface area contributed by atoms with Crippen LogP contribution in [0.4, 0.5) is 4.39 Å². The molecule has 2 aromatic rings. The van der Waals surface area contributed by atoms with Crippen molar-refractivity contribution in [1.82, 2.24) is 14.5 Å². The number of nitrogens with one attached hydrogen (secondary N) is 1. The zero-order valence-electron chi connectivity index (χ0n) is 16.9. The molecule has 0 bridgehead atoms. The minimum absolute atomic E-state index is 0.0466. The number of hydrogen-bond donors (Lipinski definition) is 1. The van der Waals surface area contributed by atoms with Gasteiger partial charge in [0.2, 0.25) is 5.91 Å². The number of piperidine rings is 1. The molecular weight excluding hydrogens is 441 g/mol. The highest BCUT2D eigenvalue weighted by atomic mass is 32.2. The van der Waals surface area contributed by atoms with Gasteiger partial charge in [0.1, 0.15) is 16.1 Å². The third-order valence-corrected chi connectivity index (χ3v) is 9.08. The van der Waals surface area contributed by atoms with Crippen LogP contribution in [0, 0.1) is 5.82 Å². The van der Waals surface area contributed by atoms with Crippen LogP contribution in [0.25, 0.3) is 0 Å². The van der Waals surface area contributed by atoms with Gasteiger partial charge in [-0.3, -0.25) is 9.59 Å². The molecule has 0 radical (unpaired) electrons. The third-order valence-electron chi connectivity index (χ3n) is 5.80. The summed E-state index contributed by atoms with van der Waals surface area (Å²) in [6.07, 6.45) is 2.20. The highest BCUT2D eigenvalue weighted by molar-refractivity contribution is 7.91. The second-order valence-corrected chi connectivity index (χ2v) is 10.8. The predicted octanol–water partition coefficient (Wildman–Crippen LogP) is 2.46. The molecule has 7 nitrogen and oxygen atoms in total. The van der Waals surface area contributed by atoms with Gasteiger partial charge in [-0.1, -0.05) is 18.2 Å². The van der Waals surface area contributed by atoms with Crippen molar-refractivity contribution in [3.63, 3.8) is 0 Å². The van der Waals surface area contributed by atoms with Crippen molar-refractivity contribution < 1.29 is 22.4 Å². The molecule has 2 saturated heterocycles. The monoisotopic (exact) mass is 465 g/mol. The Kier molecular flexibility index (Phi) is 6.40. The quantitative estimate of drug-likeness (QED) is 0.735. The summed E-state index contributed by atoms with van der Waals surface area (Å²) in [7, 11) is -3.68. The minimum atomic E-state index is -3.68. The largest absolute Gasteiger partial charge is 0.352 e. The first-order chi connectivity index (χ1) is 14.9. The molecule has 0 aliphatic carbocycles. The van der Waals surface area contributed by atoms with Crippen molar-refractivity contribution in [2.24, 2.45) is 0 Å². The predicted molar refractivity (Wildman–Crippen MR) is 115 cm³/mol. The summed E-state index contributed by atoms with van der Waals surface area (Å²) in [6.45, 7) is 1.13. The molecule has 1 atom stereocenters. The van der Waals surface area contributed by atoms with E-state index >= 15 is 0 Å².